The molecular formula is C21H28. The van der Waals surface area contributed by atoms with Crippen molar-refractivity contribution in [3.05, 3.63) is 60.2 Å². The van der Waals surface area contributed by atoms with Crippen LogP contribution in [-0.2, 0) is 0 Å². The lowest BCUT2D eigenvalue weighted by Crippen LogP contribution is -2.16. The Morgan fingerprint density at radius 2 is 1.29 bits per heavy atom. The minimum absolute atomic E-state index is 0.368. The molecule has 0 spiro atoms. The van der Waals surface area contributed by atoms with Crippen LogP contribution in [0.25, 0.3) is 11.1 Å². The van der Waals surface area contributed by atoms with Crippen molar-refractivity contribution in [1.29, 1.82) is 0 Å². The van der Waals surface area contributed by atoms with Gasteiger partial charge in [-0.25, -0.2) is 0 Å². The summed E-state index contributed by atoms with van der Waals surface area (Å²) in [6.45, 7) is 11.7. The first-order valence-corrected chi connectivity index (χ1v) is 8.02. The van der Waals surface area contributed by atoms with E-state index in [2.05, 4.69) is 89.2 Å². The summed E-state index contributed by atoms with van der Waals surface area (Å²) in [6, 6.07) is 19.8. The average molecular weight is 280 g/mol. The van der Waals surface area contributed by atoms with Gasteiger partial charge in [-0.3, -0.25) is 0 Å². The number of hydrogen-bond donors (Lipinski definition) is 0. The highest BCUT2D eigenvalue weighted by molar-refractivity contribution is 5.63. The highest BCUT2D eigenvalue weighted by Crippen LogP contribution is 2.36. The van der Waals surface area contributed by atoms with Crippen molar-refractivity contribution < 1.29 is 0 Å². The molecule has 0 heterocycles. The molecule has 0 N–H and O–H groups in total. The normalized spacial score (nSPS) is 13.4. The highest BCUT2D eigenvalue weighted by Gasteiger charge is 2.22. The van der Waals surface area contributed by atoms with E-state index in [9.17, 15) is 0 Å². The Kier molecular flexibility index (Phi) is 4.88. The number of rotatable bonds is 4. The van der Waals surface area contributed by atoms with Crippen LogP contribution in [0, 0.1) is 11.3 Å². The molecule has 0 fully saturated rings. The molecule has 1 atom stereocenters. The van der Waals surface area contributed by atoms with E-state index < -0.39 is 0 Å². The Morgan fingerprint density at radius 1 is 0.762 bits per heavy atom. The smallest absolute Gasteiger partial charge is 0.0134 e. The summed E-state index contributed by atoms with van der Waals surface area (Å²) in [7, 11) is 0. The van der Waals surface area contributed by atoms with Gasteiger partial charge in [0.05, 0.1) is 0 Å². The first kappa shape index (κ1) is 15.8. The van der Waals surface area contributed by atoms with E-state index in [4.69, 9.17) is 0 Å². The summed E-state index contributed by atoms with van der Waals surface area (Å²) in [5.74, 6) is 1.31. The second kappa shape index (κ2) is 6.47. The standard InChI is InChI=1S/C21H28/c1-16(2)20(15-21(3,4)5)19-13-11-18(12-14-19)17-9-7-6-8-10-17/h6-14,16,20H,15H2,1-5H3. The van der Waals surface area contributed by atoms with Crippen LogP contribution in [0.5, 0.6) is 0 Å². The lowest BCUT2D eigenvalue weighted by Gasteiger charge is -2.29. The summed E-state index contributed by atoms with van der Waals surface area (Å²) < 4.78 is 0. The van der Waals surface area contributed by atoms with Crippen molar-refractivity contribution in [3.63, 3.8) is 0 Å². The molecule has 112 valence electrons. The molecule has 21 heavy (non-hydrogen) atoms. The molecule has 0 bridgehead atoms. The SMILES string of the molecule is CC(C)C(CC(C)(C)C)c1ccc(-c2ccccc2)cc1. The van der Waals surface area contributed by atoms with Crippen molar-refractivity contribution in [1.82, 2.24) is 0 Å². The van der Waals surface area contributed by atoms with Gasteiger partial charge >= 0.3 is 0 Å². The Balaban J connectivity index is 2.24. The molecule has 0 radical (unpaired) electrons. The summed E-state index contributed by atoms with van der Waals surface area (Å²) in [6.07, 6.45) is 1.23. The first-order valence-electron chi connectivity index (χ1n) is 8.02. The van der Waals surface area contributed by atoms with Gasteiger partial charge in [0.25, 0.3) is 0 Å². The molecule has 1 unspecified atom stereocenters. The molecule has 0 saturated carbocycles. The fourth-order valence-corrected chi connectivity index (χ4v) is 2.95. The van der Waals surface area contributed by atoms with Gasteiger partial charge in [0, 0.05) is 0 Å². The van der Waals surface area contributed by atoms with Crippen LogP contribution in [0.3, 0.4) is 0 Å². The van der Waals surface area contributed by atoms with Crippen molar-refractivity contribution in [2.45, 2.75) is 47.0 Å². The van der Waals surface area contributed by atoms with Crippen LogP contribution in [0.15, 0.2) is 54.6 Å². The summed E-state index contributed by atoms with van der Waals surface area (Å²) in [5, 5.41) is 0. The molecular weight excluding hydrogens is 252 g/mol. The van der Waals surface area contributed by atoms with Gasteiger partial charge in [-0.2, -0.15) is 0 Å². The molecule has 0 aliphatic heterocycles. The minimum atomic E-state index is 0.368. The van der Waals surface area contributed by atoms with E-state index in [0.29, 0.717) is 17.3 Å². The Hall–Kier alpha value is -1.56. The van der Waals surface area contributed by atoms with Crippen LogP contribution >= 0.6 is 0 Å². The molecule has 0 aromatic heterocycles. The van der Waals surface area contributed by atoms with Crippen molar-refractivity contribution >= 4 is 0 Å². The summed E-state index contributed by atoms with van der Waals surface area (Å²) in [5.41, 5.74) is 4.44. The monoisotopic (exact) mass is 280 g/mol. The van der Waals surface area contributed by atoms with Crippen LogP contribution in [0.1, 0.15) is 52.5 Å². The molecule has 0 nitrogen and oxygen atoms in total. The van der Waals surface area contributed by atoms with Crippen LogP contribution < -0.4 is 0 Å². The average Bonchev–Trinajstić information content (AvgIpc) is 2.45. The fourth-order valence-electron chi connectivity index (χ4n) is 2.95. The zero-order chi connectivity index (χ0) is 15.5. The maximum Gasteiger partial charge on any atom is -0.0134 e. The zero-order valence-corrected chi connectivity index (χ0v) is 14.1. The largest absolute Gasteiger partial charge is 0.0622 e. The van der Waals surface area contributed by atoms with E-state index in [-0.39, 0.29) is 0 Å². The second-order valence-electron chi connectivity index (χ2n) is 7.60. The Bertz CT molecular complexity index is 541. The molecule has 0 aliphatic carbocycles. The van der Waals surface area contributed by atoms with Crippen LogP contribution in [0.2, 0.25) is 0 Å². The molecule has 2 aromatic rings. The van der Waals surface area contributed by atoms with Gasteiger partial charge in [0.2, 0.25) is 0 Å². The Morgan fingerprint density at radius 3 is 1.76 bits per heavy atom. The van der Waals surface area contributed by atoms with E-state index in [1.54, 1.807) is 0 Å². The predicted octanol–water partition coefficient (Wildman–Crippen LogP) is 6.53. The third-order valence-electron chi connectivity index (χ3n) is 4.08. The van der Waals surface area contributed by atoms with E-state index in [1.807, 2.05) is 0 Å². The first-order chi connectivity index (χ1) is 9.87. The van der Waals surface area contributed by atoms with E-state index in [0.717, 1.165) is 0 Å². The van der Waals surface area contributed by atoms with Gasteiger partial charge in [0.15, 0.2) is 0 Å². The molecule has 2 rings (SSSR count). The maximum absolute atomic E-state index is 2.33. The third-order valence-corrected chi connectivity index (χ3v) is 4.08. The van der Waals surface area contributed by atoms with Crippen LogP contribution in [0.4, 0.5) is 0 Å². The van der Waals surface area contributed by atoms with Crippen molar-refractivity contribution in [2.75, 3.05) is 0 Å². The fraction of sp³-hybridized carbons (Fsp3) is 0.429. The lowest BCUT2D eigenvalue weighted by atomic mass is 9.76. The van der Waals surface area contributed by atoms with Gasteiger partial charge in [0.1, 0.15) is 0 Å². The van der Waals surface area contributed by atoms with E-state index >= 15 is 0 Å². The minimum Gasteiger partial charge on any atom is -0.0622 e. The number of benzene rings is 2. The van der Waals surface area contributed by atoms with Crippen molar-refractivity contribution in [2.24, 2.45) is 11.3 Å². The third kappa shape index (κ3) is 4.46. The highest BCUT2D eigenvalue weighted by atomic mass is 14.3. The molecule has 0 heteroatoms. The topological polar surface area (TPSA) is 0 Å². The zero-order valence-electron chi connectivity index (χ0n) is 14.1. The van der Waals surface area contributed by atoms with Gasteiger partial charge in [-0.1, -0.05) is 89.2 Å². The van der Waals surface area contributed by atoms with Gasteiger partial charge < -0.3 is 0 Å². The van der Waals surface area contributed by atoms with Crippen molar-refractivity contribution in [3.8, 4) is 11.1 Å². The van der Waals surface area contributed by atoms with E-state index in [1.165, 1.54) is 23.1 Å². The Labute approximate surface area is 130 Å². The van der Waals surface area contributed by atoms with Gasteiger partial charge in [-0.05, 0) is 40.4 Å². The molecule has 0 saturated heterocycles. The number of hydrogen-bond acceptors (Lipinski definition) is 0. The summed E-state index contributed by atoms with van der Waals surface area (Å²) in [4.78, 5) is 0. The quantitative estimate of drug-likeness (QED) is 0.597. The maximum atomic E-state index is 2.33. The molecule has 2 aromatic carbocycles. The second-order valence-corrected chi connectivity index (χ2v) is 7.60. The van der Waals surface area contributed by atoms with Crippen LogP contribution in [-0.4, -0.2) is 0 Å². The molecule has 0 amide bonds. The predicted molar refractivity (Wildman–Crippen MR) is 93.5 cm³/mol. The molecule has 0 aliphatic rings. The lowest BCUT2D eigenvalue weighted by molar-refractivity contribution is 0.301. The van der Waals surface area contributed by atoms with Gasteiger partial charge in [-0.15, -0.1) is 0 Å². The summed E-state index contributed by atoms with van der Waals surface area (Å²) >= 11 is 0.